The first kappa shape index (κ1) is 24.7. The van der Waals surface area contributed by atoms with Crippen molar-refractivity contribution in [2.24, 2.45) is 0 Å². The summed E-state index contributed by atoms with van der Waals surface area (Å²) in [6.07, 6.45) is 1.37. The van der Waals surface area contributed by atoms with E-state index in [1.54, 1.807) is 6.08 Å². The third-order valence-corrected chi connectivity index (χ3v) is 6.82. The van der Waals surface area contributed by atoms with Gasteiger partial charge in [-0.05, 0) is 13.0 Å². The second kappa shape index (κ2) is 8.80. The molecule has 0 saturated carbocycles. The Kier molecular flexibility index (Phi) is 6.80. The van der Waals surface area contributed by atoms with Crippen LogP contribution in [0.1, 0.15) is 18.7 Å². The summed E-state index contributed by atoms with van der Waals surface area (Å²) < 4.78 is 42.6. The molecular weight excluding hydrogens is 474 g/mol. The van der Waals surface area contributed by atoms with Crippen LogP contribution in [-0.2, 0) is 27.4 Å². The van der Waals surface area contributed by atoms with E-state index in [0.717, 1.165) is 0 Å². The van der Waals surface area contributed by atoms with Crippen LogP contribution in [0, 0.1) is 0 Å². The summed E-state index contributed by atoms with van der Waals surface area (Å²) >= 11 is 0. The van der Waals surface area contributed by atoms with Crippen molar-refractivity contribution < 1.29 is 52.3 Å². The van der Waals surface area contributed by atoms with Gasteiger partial charge in [-0.2, -0.15) is 4.31 Å². The van der Waals surface area contributed by atoms with E-state index in [0.29, 0.717) is 10.9 Å². The Morgan fingerprint density at radius 1 is 1.34 bits per heavy atom. The molecule has 2 aromatic rings. The van der Waals surface area contributed by atoms with E-state index in [4.69, 9.17) is 25.0 Å². The zero-order valence-corrected chi connectivity index (χ0v) is 18.5. The van der Waals surface area contributed by atoms with E-state index >= 15 is 0 Å². The molecule has 2 aromatic heterocycles. The largest absolute Gasteiger partial charge is 0.504 e. The first-order chi connectivity index (χ1) is 14.8. The van der Waals surface area contributed by atoms with Crippen molar-refractivity contribution in [2.45, 2.75) is 31.0 Å². The number of hydrogen-bond acceptors (Lipinski definition) is 11. The maximum absolute atomic E-state index is 11.7. The fourth-order valence-electron chi connectivity index (χ4n) is 3.29. The average molecular weight is 496 g/mol. The van der Waals surface area contributed by atoms with Crippen molar-refractivity contribution in [3.05, 3.63) is 24.3 Å². The minimum absolute atomic E-state index is 0.137. The summed E-state index contributed by atoms with van der Waals surface area (Å²) in [4.78, 5) is 34.9. The number of aromatic nitrogens is 3. The molecule has 1 aliphatic heterocycles. The molecule has 178 valence electrons. The van der Waals surface area contributed by atoms with E-state index < -0.39 is 46.3 Å². The van der Waals surface area contributed by atoms with Gasteiger partial charge in [0.05, 0.1) is 25.4 Å². The van der Waals surface area contributed by atoms with E-state index in [1.807, 2.05) is 0 Å². The number of anilines is 1. The third-order valence-electron chi connectivity index (χ3n) is 4.67. The van der Waals surface area contributed by atoms with Crippen molar-refractivity contribution >= 4 is 38.6 Å². The van der Waals surface area contributed by atoms with Crippen LogP contribution in [0.2, 0.25) is 0 Å². The second-order valence-electron chi connectivity index (χ2n) is 7.02. The number of methoxy groups -OCH3 is 1. The number of hydrogen-bond donors (Lipinski definition) is 6. The van der Waals surface area contributed by atoms with Crippen molar-refractivity contribution in [3.63, 3.8) is 0 Å². The molecule has 4 unspecified atom stereocenters. The number of ether oxygens (including phenoxy) is 2. The van der Waals surface area contributed by atoms with Crippen LogP contribution < -0.4 is 5.73 Å². The van der Waals surface area contributed by atoms with E-state index in [9.17, 15) is 24.2 Å². The average Bonchev–Trinajstić information content (AvgIpc) is 3.13. The molecule has 15 nitrogen and oxygen atoms in total. The molecule has 17 heteroatoms. The van der Waals surface area contributed by atoms with Gasteiger partial charge < -0.3 is 44.7 Å². The number of aliphatic hydroxyl groups is 2. The first-order valence-electron chi connectivity index (χ1n) is 8.87. The topological polar surface area (TPSA) is 229 Å². The highest BCUT2D eigenvalue weighted by Crippen LogP contribution is 2.58. The number of phosphoric ester groups is 1. The second-order valence-corrected chi connectivity index (χ2v) is 9.85. The third kappa shape index (κ3) is 5.02. The lowest BCUT2D eigenvalue weighted by atomic mass is 9.96. The minimum Gasteiger partial charge on any atom is -0.504 e. The number of rotatable bonds is 8. The Bertz CT molecular complexity index is 1110. The summed E-state index contributed by atoms with van der Waals surface area (Å²) in [5, 5.41) is 21.9. The number of nitrogen functional groups attached to an aromatic ring is 1. The Labute approximate surface area is 180 Å². The van der Waals surface area contributed by atoms with Crippen LogP contribution in [0.3, 0.4) is 0 Å². The molecule has 32 heavy (non-hydrogen) atoms. The number of aliphatic hydroxyl groups excluding tert-OH is 1. The maximum atomic E-state index is 11.7. The predicted molar refractivity (Wildman–Crippen MR) is 107 cm³/mol. The van der Waals surface area contributed by atoms with Crippen molar-refractivity contribution in [2.75, 3.05) is 19.5 Å². The van der Waals surface area contributed by atoms with Crippen molar-refractivity contribution in [3.8, 4) is 0 Å². The lowest BCUT2D eigenvalue weighted by Crippen LogP contribution is -2.44. The van der Waals surface area contributed by atoms with Crippen LogP contribution in [0.25, 0.3) is 17.1 Å². The zero-order chi connectivity index (χ0) is 23.9. The van der Waals surface area contributed by atoms with Gasteiger partial charge in [0.25, 0.3) is 0 Å². The highest BCUT2D eigenvalue weighted by molar-refractivity contribution is 7.60. The highest BCUT2D eigenvalue weighted by Gasteiger charge is 2.54. The number of nitrogens with zero attached hydrogens (tertiary/aromatic N) is 3. The van der Waals surface area contributed by atoms with Gasteiger partial charge in [0.15, 0.2) is 6.23 Å². The summed E-state index contributed by atoms with van der Waals surface area (Å²) in [5.41, 5.74) is 4.78. The lowest BCUT2D eigenvalue weighted by molar-refractivity contribution is -0.0947. The zero-order valence-electron chi connectivity index (χ0n) is 16.7. The molecule has 3 rings (SSSR count). The standard InChI is InChI=1S/C15H22N4O11P2/c1-15(21)11(20)9(6-28-32(25,26)30-31(22,23)24)29-14(15)19-5-8(3-4-27-2)10-12(16)17-7-18-13(10)19/h3-5,7,9,11,14,20-21H,6H2,1-2H3,(H,25,26)(H2,16,17,18)(H2,22,23,24)/b4-3-/t9?,11?,14?,15-/m1/s1. The predicted octanol–water partition coefficient (Wildman–Crippen LogP) is -0.134. The van der Waals surface area contributed by atoms with Crippen LogP contribution in [0.15, 0.2) is 18.8 Å². The SMILES string of the molecule is CO/C=C\c1cn(C2OC(COP(=O)(O)OP(=O)(O)O)C(O)[C@@]2(C)O)c2ncnc(N)c12. The minimum atomic E-state index is -5.33. The van der Waals surface area contributed by atoms with Gasteiger partial charge in [-0.3, -0.25) is 4.52 Å². The Balaban J connectivity index is 1.92. The quantitative estimate of drug-likeness (QED) is 0.207. The van der Waals surface area contributed by atoms with Gasteiger partial charge in [-0.15, -0.1) is 0 Å². The lowest BCUT2D eigenvalue weighted by Gasteiger charge is -2.27. The molecule has 0 bridgehead atoms. The van der Waals surface area contributed by atoms with Gasteiger partial charge >= 0.3 is 15.6 Å². The highest BCUT2D eigenvalue weighted by atomic mass is 31.3. The Morgan fingerprint density at radius 2 is 2.03 bits per heavy atom. The fraction of sp³-hybridized carbons (Fsp3) is 0.467. The Hall–Kier alpha value is -1.90. The number of phosphoric acid groups is 2. The van der Waals surface area contributed by atoms with Gasteiger partial charge in [0, 0.05) is 11.8 Å². The molecule has 5 atom stereocenters. The van der Waals surface area contributed by atoms with Crippen LogP contribution in [0.5, 0.6) is 0 Å². The maximum Gasteiger partial charge on any atom is 0.481 e. The van der Waals surface area contributed by atoms with Gasteiger partial charge in [0.1, 0.15) is 35.6 Å². The van der Waals surface area contributed by atoms with Crippen LogP contribution in [0.4, 0.5) is 5.82 Å². The summed E-state index contributed by atoms with van der Waals surface area (Å²) in [7, 11) is -9.07. The molecule has 7 N–H and O–H groups in total. The molecule has 1 saturated heterocycles. The molecule has 0 amide bonds. The summed E-state index contributed by atoms with van der Waals surface area (Å²) in [5.74, 6) is 0.137. The van der Waals surface area contributed by atoms with Gasteiger partial charge in [0.2, 0.25) is 0 Å². The molecule has 1 fully saturated rings. The van der Waals surface area contributed by atoms with Crippen LogP contribution >= 0.6 is 15.6 Å². The summed E-state index contributed by atoms with van der Waals surface area (Å²) in [6, 6.07) is 0. The molecule has 0 aliphatic carbocycles. The fourth-order valence-corrected chi connectivity index (χ4v) is 4.89. The molecule has 1 aliphatic rings. The van der Waals surface area contributed by atoms with E-state index in [1.165, 1.54) is 37.4 Å². The van der Waals surface area contributed by atoms with Gasteiger partial charge in [-0.25, -0.2) is 19.1 Å². The van der Waals surface area contributed by atoms with E-state index in [2.05, 4.69) is 18.8 Å². The van der Waals surface area contributed by atoms with Crippen molar-refractivity contribution in [1.82, 2.24) is 14.5 Å². The first-order valence-corrected chi connectivity index (χ1v) is 11.9. The van der Waals surface area contributed by atoms with Crippen molar-refractivity contribution in [1.29, 1.82) is 0 Å². The number of nitrogens with two attached hydrogens (primary N) is 1. The Morgan fingerprint density at radius 3 is 2.66 bits per heavy atom. The molecule has 0 radical (unpaired) electrons. The molecular formula is C15H22N4O11P2. The normalized spacial score (nSPS) is 28.4. The molecule has 3 heterocycles. The summed E-state index contributed by atoms with van der Waals surface area (Å²) in [6.45, 7) is 0.419. The molecule has 0 spiro atoms. The monoisotopic (exact) mass is 496 g/mol. The van der Waals surface area contributed by atoms with E-state index in [-0.39, 0.29) is 11.5 Å². The van der Waals surface area contributed by atoms with Gasteiger partial charge in [-0.1, -0.05) is 0 Å². The molecule has 0 aromatic carbocycles. The van der Waals surface area contributed by atoms with Crippen LogP contribution in [-0.4, -0.2) is 71.0 Å². The smallest absolute Gasteiger partial charge is 0.481 e. The number of fused-ring (bicyclic) bond motifs is 1.